The van der Waals surface area contributed by atoms with Crippen LogP contribution in [0.25, 0.3) is 22.8 Å². The predicted octanol–water partition coefficient (Wildman–Crippen LogP) is 2.67. The Hall–Kier alpha value is -3.00. The SMILES string of the molecule is N#Cc1cccc(-c2nc(-c3cccnc3)no2)c1. The minimum atomic E-state index is 0.385. The topological polar surface area (TPSA) is 75.6 Å². The van der Waals surface area contributed by atoms with Crippen molar-refractivity contribution in [3.8, 4) is 28.9 Å². The van der Waals surface area contributed by atoms with E-state index in [1.807, 2.05) is 18.2 Å². The highest BCUT2D eigenvalue weighted by molar-refractivity contribution is 5.60. The van der Waals surface area contributed by atoms with Crippen molar-refractivity contribution in [2.75, 3.05) is 0 Å². The lowest BCUT2D eigenvalue weighted by molar-refractivity contribution is 0.432. The summed E-state index contributed by atoms with van der Waals surface area (Å²) in [5, 5.41) is 12.8. The van der Waals surface area contributed by atoms with Gasteiger partial charge >= 0.3 is 0 Å². The molecule has 19 heavy (non-hydrogen) atoms. The lowest BCUT2D eigenvalue weighted by Crippen LogP contribution is -1.82. The minimum Gasteiger partial charge on any atom is -0.334 e. The Morgan fingerprint density at radius 1 is 1.11 bits per heavy atom. The zero-order valence-corrected chi connectivity index (χ0v) is 9.82. The zero-order valence-electron chi connectivity index (χ0n) is 9.82. The fourth-order valence-electron chi connectivity index (χ4n) is 1.67. The van der Waals surface area contributed by atoms with E-state index < -0.39 is 0 Å². The maximum Gasteiger partial charge on any atom is 0.258 e. The van der Waals surface area contributed by atoms with Crippen molar-refractivity contribution in [2.24, 2.45) is 0 Å². The van der Waals surface area contributed by atoms with Crippen molar-refractivity contribution in [3.05, 3.63) is 54.4 Å². The number of rotatable bonds is 2. The second kappa shape index (κ2) is 4.70. The summed E-state index contributed by atoms with van der Waals surface area (Å²) in [6.45, 7) is 0. The third-order valence-corrected chi connectivity index (χ3v) is 2.58. The van der Waals surface area contributed by atoms with Crippen molar-refractivity contribution < 1.29 is 4.52 Å². The third kappa shape index (κ3) is 2.19. The van der Waals surface area contributed by atoms with E-state index >= 15 is 0 Å². The van der Waals surface area contributed by atoms with Gasteiger partial charge in [0.25, 0.3) is 5.89 Å². The first-order chi connectivity index (χ1) is 9.36. The van der Waals surface area contributed by atoms with E-state index in [1.54, 1.807) is 30.6 Å². The molecule has 0 amide bonds. The Kier molecular flexibility index (Phi) is 2.75. The first-order valence-electron chi connectivity index (χ1n) is 5.61. The molecule has 0 fully saturated rings. The molecule has 5 heteroatoms. The molecule has 0 radical (unpaired) electrons. The number of hydrogen-bond acceptors (Lipinski definition) is 5. The van der Waals surface area contributed by atoms with Gasteiger partial charge in [0, 0.05) is 23.5 Å². The summed E-state index contributed by atoms with van der Waals surface area (Å²) in [4.78, 5) is 8.30. The molecule has 0 saturated heterocycles. The largest absolute Gasteiger partial charge is 0.334 e. The molecular formula is C14H8N4O. The molecule has 2 heterocycles. The molecule has 0 bridgehead atoms. The van der Waals surface area contributed by atoms with Crippen molar-refractivity contribution in [1.82, 2.24) is 15.1 Å². The number of benzene rings is 1. The Balaban J connectivity index is 2.00. The highest BCUT2D eigenvalue weighted by Crippen LogP contribution is 2.22. The smallest absolute Gasteiger partial charge is 0.258 e. The van der Waals surface area contributed by atoms with E-state index in [9.17, 15) is 0 Å². The lowest BCUT2D eigenvalue weighted by Gasteiger charge is -1.93. The molecule has 0 aliphatic carbocycles. The van der Waals surface area contributed by atoms with E-state index in [0.717, 1.165) is 11.1 Å². The monoisotopic (exact) mass is 248 g/mol. The van der Waals surface area contributed by atoms with Gasteiger partial charge < -0.3 is 4.52 Å². The predicted molar refractivity (Wildman–Crippen MR) is 67.7 cm³/mol. The molecular weight excluding hydrogens is 240 g/mol. The van der Waals surface area contributed by atoms with Crippen LogP contribution >= 0.6 is 0 Å². The Morgan fingerprint density at radius 2 is 2.00 bits per heavy atom. The van der Waals surface area contributed by atoms with Gasteiger partial charge in [0.05, 0.1) is 11.6 Å². The third-order valence-electron chi connectivity index (χ3n) is 2.58. The van der Waals surface area contributed by atoms with Gasteiger partial charge in [-0.05, 0) is 30.3 Å². The Morgan fingerprint density at radius 3 is 2.79 bits per heavy atom. The molecule has 3 aromatic rings. The van der Waals surface area contributed by atoms with Crippen LogP contribution in [0.1, 0.15) is 5.56 Å². The maximum absolute atomic E-state index is 8.87. The summed E-state index contributed by atoms with van der Waals surface area (Å²) in [7, 11) is 0. The zero-order chi connectivity index (χ0) is 13.1. The number of aromatic nitrogens is 3. The summed E-state index contributed by atoms with van der Waals surface area (Å²) < 4.78 is 5.21. The van der Waals surface area contributed by atoms with E-state index in [4.69, 9.17) is 9.78 Å². The van der Waals surface area contributed by atoms with Gasteiger partial charge in [0.1, 0.15) is 0 Å². The summed E-state index contributed by atoms with van der Waals surface area (Å²) in [6.07, 6.45) is 3.35. The summed E-state index contributed by atoms with van der Waals surface area (Å²) >= 11 is 0. The van der Waals surface area contributed by atoms with Gasteiger partial charge in [-0.1, -0.05) is 11.2 Å². The highest BCUT2D eigenvalue weighted by atomic mass is 16.5. The van der Waals surface area contributed by atoms with E-state index in [2.05, 4.69) is 21.2 Å². The van der Waals surface area contributed by atoms with Gasteiger partial charge in [-0.15, -0.1) is 0 Å². The maximum atomic E-state index is 8.87. The molecule has 0 spiro atoms. The summed E-state index contributed by atoms with van der Waals surface area (Å²) in [5.74, 6) is 0.862. The number of hydrogen-bond donors (Lipinski definition) is 0. The molecule has 0 unspecified atom stereocenters. The van der Waals surface area contributed by atoms with Crippen LogP contribution in [0.4, 0.5) is 0 Å². The number of pyridine rings is 1. The van der Waals surface area contributed by atoms with E-state index in [1.165, 1.54) is 0 Å². The Labute approximate surface area is 109 Å². The average molecular weight is 248 g/mol. The van der Waals surface area contributed by atoms with Crippen LogP contribution < -0.4 is 0 Å². The molecule has 2 aromatic heterocycles. The van der Waals surface area contributed by atoms with E-state index in [0.29, 0.717) is 17.3 Å². The van der Waals surface area contributed by atoms with Crippen LogP contribution in [-0.2, 0) is 0 Å². The normalized spacial score (nSPS) is 10.1. The van der Waals surface area contributed by atoms with Crippen molar-refractivity contribution in [2.45, 2.75) is 0 Å². The van der Waals surface area contributed by atoms with Gasteiger partial charge in [0.15, 0.2) is 0 Å². The first-order valence-corrected chi connectivity index (χ1v) is 5.61. The number of nitrogens with zero attached hydrogens (tertiary/aromatic N) is 4. The van der Waals surface area contributed by atoms with Crippen molar-refractivity contribution in [3.63, 3.8) is 0 Å². The van der Waals surface area contributed by atoms with Crippen molar-refractivity contribution in [1.29, 1.82) is 5.26 Å². The summed E-state index contributed by atoms with van der Waals surface area (Å²) in [5.41, 5.74) is 2.06. The lowest BCUT2D eigenvalue weighted by atomic mass is 10.1. The summed E-state index contributed by atoms with van der Waals surface area (Å²) in [6, 6.07) is 12.8. The van der Waals surface area contributed by atoms with Crippen LogP contribution in [0.5, 0.6) is 0 Å². The van der Waals surface area contributed by atoms with Gasteiger partial charge in [-0.2, -0.15) is 10.2 Å². The van der Waals surface area contributed by atoms with Crippen LogP contribution in [0, 0.1) is 11.3 Å². The molecule has 0 atom stereocenters. The van der Waals surface area contributed by atoms with Gasteiger partial charge in [-0.25, -0.2) is 0 Å². The molecule has 1 aromatic carbocycles. The quantitative estimate of drug-likeness (QED) is 0.696. The van der Waals surface area contributed by atoms with E-state index in [-0.39, 0.29) is 0 Å². The fraction of sp³-hybridized carbons (Fsp3) is 0. The van der Waals surface area contributed by atoms with Crippen LogP contribution in [0.15, 0.2) is 53.3 Å². The Bertz CT molecular complexity index is 743. The average Bonchev–Trinajstić information content (AvgIpc) is 2.98. The molecule has 5 nitrogen and oxygen atoms in total. The molecule has 0 aliphatic heterocycles. The van der Waals surface area contributed by atoms with Crippen molar-refractivity contribution >= 4 is 0 Å². The van der Waals surface area contributed by atoms with Gasteiger partial charge in [0.2, 0.25) is 5.82 Å². The second-order valence-electron chi connectivity index (χ2n) is 3.86. The van der Waals surface area contributed by atoms with Crippen LogP contribution in [0.2, 0.25) is 0 Å². The molecule has 0 N–H and O–H groups in total. The molecule has 0 aliphatic rings. The minimum absolute atomic E-state index is 0.385. The standard InChI is InChI=1S/C14H8N4O/c15-8-10-3-1-4-11(7-10)14-17-13(18-19-14)12-5-2-6-16-9-12/h1-7,9H. The van der Waals surface area contributed by atoms with Crippen LogP contribution in [0.3, 0.4) is 0 Å². The molecule has 0 saturated carbocycles. The molecule has 3 rings (SSSR count). The second-order valence-corrected chi connectivity index (χ2v) is 3.86. The van der Waals surface area contributed by atoms with Gasteiger partial charge in [-0.3, -0.25) is 4.98 Å². The fourth-order valence-corrected chi connectivity index (χ4v) is 1.67. The first kappa shape index (κ1) is 11.1. The molecule has 90 valence electrons. The van der Waals surface area contributed by atoms with Crippen LogP contribution in [-0.4, -0.2) is 15.1 Å². The number of nitriles is 1. The highest BCUT2D eigenvalue weighted by Gasteiger charge is 2.10.